The molecule has 20 heavy (non-hydrogen) atoms. The summed E-state index contributed by atoms with van der Waals surface area (Å²) in [6, 6.07) is 5.55. The molecular weight excluding hydrogens is 285 g/mol. The number of nitrogens with zero attached hydrogens (tertiary/aromatic N) is 2. The molecule has 1 heterocycles. The molecule has 2 N–H and O–H groups in total. The van der Waals surface area contributed by atoms with E-state index in [9.17, 15) is 14.0 Å². The smallest absolute Gasteiger partial charge is 0.249 e. The molecule has 0 radical (unpaired) electrons. The summed E-state index contributed by atoms with van der Waals surface area (Å²) in [6.45, 7) is 0.257. The van der Waals surface area contributed by atoms with Crippen LogP contribution < -0.4 is 10.6 Å². The van der Waals surface area contributed by atoms with Gasteiger partial charge in [0.05, 0.1) is 12.2 Å². The van der Waals surface area contributed by atoms with E-state index in [4.69, 9.17) is 5.73 Å². The van der Waals surface area contributed by atoms with E-state index in [1.54, 1.807) is 25.2 Å². The van der Waals surface area contributed by atoms with Crippen molar-refractivity contribution in [3.63, 3.8) is 0 Å². The third-order valence-corrected chi connectivity index (χ3v) is 3.36. The van der Waals surface area contributed by atoms with Gasteiger partial charge in [0.1, 0.15) is 11.9 Å². The summed E-state index contributed by atoms with van der Waals surface area (Å²) in [6.07, 6.45) is 0.482. The number of benzene rings is 1. The Kier molecular flexibility index (Phi) is 5.47. The molecule has 1 aromatic carbocycles. The van der Waals surface area contributed by atoms with Crippen LogP contribution in [0.2, 0.25) is 0 Å². The van der Waals surface area contributed by atoms with E-state index in [0.29, 0.717) is 13.0 Å². The summed E-state index contributed by atoms with van der Waals surface area (Å²) in [5.41, 5.74) is 5.53. The van der Waals surface area contributed by atoms with Gasteiger partial charge in [0.15, 0.2) is 0 Å². The zero-order chi connectivity index (χ0) is 14.0. The molecule has 110 valence electrons. The van der Waals surface area contributed by atoms with Gasteiger partial charge in [-0.2, -0.15) is 0 Å². The van der Waals surface area contributed by atoms with Gasteiger partial charge in [-0.3, -0.25) is 9.59 Å². The van der Waals surface area contributed by atoms with Crippen LogP contribution in [0, 0.1) is 5.82 Å². The molecule has 1 unspecified atom stereocenters. The number of likely N-dealkylation sites (N-methyl/N-ethyl adjacent to an activating group) is 1. The van der Waals surface area contributed by atoms with Crippen molar-refractivity contribution in [1.29, 1.82) is 0 Å². The van der Waals surface area contributed by atoms with Crippen molar-refractivity contribution in [3.8, 4) is 0 Å². The van der Waals surface area contributed by atoms with Gasteiger partial charge in [-0.25, -0.2) is 4.39 Å². The molecule has 0 aliphatic carbocycles. The van der Waals surface area contributed by atoms with Gasteiger partial charge in [0.2, 0.25) is 11.8 Å². The quantitative estimate of drug-likeness (QED) is 0.897. The van der Waals surface area contributed by atoms with E-state index in [1.807, 2.05) is 0 Å². The molecule has 0 bridgehead atoms. The molecule has 7 heteroatoms. The minimum Gasteiger partial charge on any atom is -0.333 e. The first kappa shape index (κ1) is 16.4. The molecular formula is C13H17ClFN3O2. The Morgan fingerprint density at radius 1 is 1.50 bits per heavy atom. The lowest BCUT2D eigenvalue weighted by molar-refractivity contribution is -0.135. The summed E-state index contributed by atoms with van der Waals surface area (Å²) in [7, 11) is 1.54. The van der Waals surface area contributed by atoms with Crippen LogP contribution in [0.5, 0.6) is 0 Å². The summed E-state index contributed by atoms with van der Waals surface area (Å²) < 4.78 is 13.7. The molecule has 1 atom stereocenters. The van der Waals surface area contributed by atoms with Crippen LogP contribution in [0.4, 0.5) is 10.1 Å². The Hall–Kier alpha value is -1.66. The van der Waals surface area contributed by atoms with Gasteiger partial charge in [-0.1, -0.05) is 12.1 Å². The van der Waals surface area contributed by atoms with Crippen LogP contribution >= 0.6 is 12.4 Å². The van der Waals surface area contributed by atoms with Crippen molar-refractivity contribution >= 4 is 29.9 Å². The van der Waals surface area contributed by atoms with Crippen LogP contribution in [0.25, 0.3) is 0 Å². The molecule has 1 fully saturated rings. The fourth-order valence-electron chi connectivity index (χ4n) is 2.25. The summed E-state index contributed by atoms with van der Waals surface area (Å²) in [5.74, 6) is -1.01. The van der Waals surface area contributed by atoms with E-state index in [1.165, 1.54) is 15.9 Å². The zero-order valence-corrected chi connectivity index (χ0v) is 11.9. The van der Waals surface area contributed by atoms with Crippen LogP contribution in [0.3, 0.4) is 0 Å². The topological polar surface area (TPSA) is 66.6 Å². The summed E-state index contributed by atoms with van der Waals surface area (Å²) >= 11 is 0. The Labute approximate surface area is 122 Å². The second-order valence-electron chi connectivity index (χ2n) is 4.45. The lowest BCUT2D eigenvalue weighted by atomic mass is 10.2. The largest absolute Gasteiger partial charge is 0.333 e. The molecule has 1 aromatic rings. The van der Waals surface area contributed by atoms with Crippen molar-refractivity contribution in [2.24, 2.45) is 5.73 Å². The predicted molar refractivity (Wildman–Crippen MR) is 76.2 cm³/mol. The first-order valence-electron chi connectivity index (χ1n) is 6.08. The van der Waals surface area contributed by atoms with Crippen LogP contribution in [0.1, 0.15) is 6.42 Å². The van der Waals surface area contributed by atoms with Crippen LogP contribution in [-0.4, -0.2) is 42.9 Å². The molecule has 0 aromatic heterocycles. The monoisotopic (exact) mass is 301 g/mol. The Balaban J connectivity index is 0.00000200. The van der Waals surface area contributed by atoms with Crippen molar-refractivity contribution in [2.45, 2.75) is 12.5 Å². The third kappa shape index (κ3) is 2.91. The van der Waals surface area contributed by atoms with Gasteiger partial charge in [0, 0.05) is 13.6 Å². The highest BCUT2D eigenvalue weighted by molar-refractivity contribution is 6.01. The molecule has 2 amide bonds. The maximum absolute atomic E-state index is 13.7. The number of halogens is 2. The first-order valence-corrected chi connectivity index (χ1v) is 6.08. The minimum atomic E-state index is -0.560. The lowest BCUT2D eigenvalue weighted by Crippen LogP contribution is -2.45. The summed E-state index contributed by atoms with van der Waals surface area (Å²) in [5, 5.41) is 0. The van der Waals surface area contributed by atoms with Gasteiger partial charge in [-0.05, 0) is 18.6 Å². The van der Waals surface area contributed by atoms with Crippen molar-refractivity contribution in [3.05, 3.63) is 30.1 Å². The lowest BCUT2D eigenvalue weighted by Gasteiger charge is -2.23. The molecule has 0 saturated carbocycles. The Morgan fingerprint density at radius 2 is 2.15 bits per heavy atom. The number of amides is 2. The molecule has 1 saturated heterocycles. The van der Waals surface area contributed by atoms with Crippen LogP contribution in [0.15, 0.2) is 24.3 Å². The van der Waals surface area contributed by atoms with Gasteiger partial charge < -0.3 is 15.5 Å². The zero-order valence-electron chi connectivity index (χ0n) is 11.1. The third-order valence-electron chi connectivity index (χ3n) is 3.36. The van der Waals surface area contributed by atoms with E-state index >= 15 is 0 Å². The molecule has 2 rings (SSSR count). The minimum absolute atomic E-state index is 0. The fourth-order valence-corrected chi connectivity index (χ4v) is 2.25. The SMILES string of the molecule is CN(C(=O)CN)C1CCN(c2ccccc2F)C1=O.Cl. The van der Waals surface area contributed by atoms with E-state index in [-0.39, 0.29) is 36.5 Å². The number of nitrogens with two attached hydrogens (primary N) is 1. The maximum atomic E-state index is 13.7. The summed E-state index contributed by atoms with van der Waals surface area (Å²) in [4.78, 5) is 26.5. The Morgan fingerprint density at radius 3 is 2.75 bits per heavy atom. The number of rotatable bonds is 3. The second kappa shape index (κ2) is 6.67. The number of carbonyl (C=O) groups excluding carboxylic acids is 2. The average Bonchev–Trinajstić information content (AvgIpc) is 2.79. The average molecular weight is 302 g/mol. The van der Waals surface area contributed by atoms with E-state index in [2.05, 4.69) is 0 Å². The Bertz CT molecular complexity index is 512. The normalized spacial score (nSPS) is 17.9. The highest BCUT2D eigenvalue weighted by Gasteiger charge is 2.37. The highest BCUT2D eigenvalue weighted by atomic mass is 35.5. The van der Waals surface area contributed by atoms with Crippen molar-refractivity contribution < 1.29 is 14.0 Å². The van der Waals surface area contributed by atoms with E-state index in [0.717, 1.165) is 0 Å². The van der Waals surface area contributed by atoms with Gasteiger partial charge >= 0.3 is 0 Å². The standard InChI is InChI=1S/C13H16FN3O2.ClH/c1-16(12(18)8-15)11-6-7-17(13(11)19)10-5-3-2-4-9(10)14;/h2-5,11H,6-8,15H2,1H3;1H. The van der Waals surface area contributed by atoms with Crippen molar-refractivity contribution in [2.75, 3.05) is 25.0 Å². The van der Waals surface area contributed by atoms with Gasteiger partial charge in [0.25, 0.3) is 0 Å². The van der Waals surface area contributed by atoms with E-state index < -0.39 is 11.9 Å². The number of para-hydroxylation sites is 1. The van der Waals surface area contributed by atoms with Crippen LogP contribution in [-0.2, 0) is 9.59 Å². The number of carbonyl (C=O) groups is 2. The number of anilines is 1. The maximum Gasteiger partial charge on any atom is 0.249 e. The molecule has 1 aliphatic rings. The predicted octanol–water partition coefficient (Wildman–Crippen LogP) is 0.770. The fraction of sp³-hybridized carbons (Fsp3) is 0.385. The number of hydrogen-bond donors (Lipinski definition) is 1. The first-order chi connectivity index (χ1) is 9.06. The second-order valence-corrected chi connectivity index (χ2v) is 4.45. The van der Waals surface area contributed by atoms with Crippen molar-refractivity contribution in [1.82, 2.24) is 4.90 Å². The molecule has 5 nitrogen and oxygen atoms in total. The molecule has 0 spiro atoms. The molecule has 1 aliphatic heterocycles. The number of hydrogen-bond acceptors (Lipinski definition) is 3. The van der Waals surface area contributed by atoms with Gasteiger partial charge in [-0.15, -0.1) is 12.4 Å². The highest BCUT2D eigenvalue weighted by Crippen LogP contribution is 2.26.